The van der Waals surface area contributed by atoms with E-state index in [1.54, 1.807) is 32.0 Å². The number of carboxylic acids is 2. The van der Waals surface area contributed by atoms with Gasteiger partial charge in [0.05, 0.1) is 36.5 Å². The summed E-state index contributed by atoms with van der Waals surface area (Å²) in [4.78, 5) is 33.3. The molecule has 0 saturated heterocycles. The smallest absolute Gasteiger partial charge is 0.416 e. The van der Waals surface area contributed by atoms with Gasteiger partial charge in [0.15, 0.2) is 5.75 Å². The van der Waals surface area contributed by atoms with Crippen LogP contribution in [0, 0.1) is 0 Å². The number of anilines is 2. The molecule has 0 aliphatic rings. The first-order valence-electron chi connectivity index (χ1n) is 16.5. The quantitative estimate of drug-likeness (QED) is 0.0735. The summed E-state index contributed by atoms with van der Waals surface area (Å²) in [5, 5.41) is 25.2. The molecule has 308 valence electrons. The molecule has 1 amide bonds. The SMILES string of the molecule is CCNc1cc(COc2c(Br)cc(CC(=O)O)cc2Br)cc(C(F)(F)F)c1.CCNc1cc(COc2c(Cl)cc(C(=O)NCC(=O)O)cc2Cl)cc(C(F)(F)F)c1. The molecule has 57 heavy (non-hydrogen) atoms. The van der Waals surface area contributed by atoms with E-state index in [2.05, 4.69) is 47.8 Å². The van der Waals surface area contributed by atoms with E-state index in [9.17, 15) is 40.7 Å². The lowest BCUT2D eigenvalue weighted by Gasteiger charge is -2.15. The number of nitrogens with one attached hydrogen (secondary N) is 3. The third-order valence-electron chi connectivity index (χ3n) is 7.24. The summed E-state index contributed by atoms with van der Waals surface area (Å²) in [6.07, 6.45) is -9.14. The van der Waals surface area contributed by atoms with E-state index in [1.807, 2.05) is 0 Å². The zero-order chi connectivity index (χ0) is 42.7. The van der Waals surface area contributed by atoms with Gasteiger partial charge >= 0.3 is 24.3 Å². The number of halogens is 10. The Kier molecular flexibility index (Phi) is 17.2. The number of carbonyl (C=O) groups is 3. The first-order chi connectivity index (χ1) is 26.6. The number of aliphatic carboxylic acids is 2. The molecule has 4 aromatic rings. The van der Waals surface area contributed by atoms with Crippen LogP contribution in [0.5, 0.6) is 11.5 Å². The normalized spacial score (nSPS) is 11.2. The Labute approximate surface area is 349 Å². The number of hydrogen-bond acceptors (Lipinski definition) is 7. The van der Waals surface area contributed by atoms with Crippen molar-refractivity contribution in [2.24, 2.45) is 0 Å². The van der Waals surface area contributed by atoms with Gasteiger partial charge in [-0.2, -0.15) is 26.3 Å². The average Bonchev–Trinajstić information content (AvgIpc) is 3.09. The van der Waals surface area contributed by atoms with Crippen LogP contribution in [0.1, 0.15) is 52.0 Å². The van der Waals surface area contributed by atoms with Gasteiger partial charge in [-0.25, -0.2) is 0 Å². The lowest BCUT2D eigenvalue weighted by atomic mass is 10.1. The lowest BCUT2D eigenvalue weighted by Crippen LogP contribution is -2.29. The molecule has 4 aromatic carbocycles. The molecule has 0 aliphatic carbocycles. The Balaban J connectivity index is 0.000000307. The highest BCUT2D eigenvalue weighted by atomic mass is 79.9. The summed E-state index contributed by atoms with van der Waals surface area (Å²) < 4.78 is 90.9. The van der Waals surface area contributed by atoms with Crippen molar-refractivity contribution < 1.29 is 60.4 Å². The van der Waals surface area contributed by atoms with Gasteiger partial charge in [-0.15, -0.1) is 0 Å². The van der Waals surface area contributed by atoms with Crippen LogP contribution in [0.15, 0.2) is 69.6 Å². The molecule has 5 N–H and O–H groups in total. The van der Waals surface area contributed by atoms with Crippen molar-refractivity contribution in [3.8, 4) is 11.5 Å². The molecule has 0 fully saturated rings. The minimum Gasteiger partial charge on any atom is -0.487 e. The molecule has 0 heterocycles. The van der Waals surface area contributed by atoms with Crippen molar-refractivity contribution >= 4 is 84.3 Å². The van der Waals surface area contributed by atoms with Crippen LogP contribution in [-0.4, -0.2) is 47.7 Å². The monoisotopic (exact) mass is 973 g/mol. The molecule has 0 aliphatic heterocycles. The van der Waals surface area contributed by atoms with Crippen molar-refractivity contribution in [2.45, 2.75) is 45.8 Å². The third-order valence-corrected chi connectivity index (χ3v) is 8.98. The summed E-state index contributed by atoms with van der Waals surface area (Å²) >= 11 is 18.8. The molecule has 10 nitrogen and oxygen atoms in total. The number of carbonyl (C=O) groups excluding carboxylic acids is 1. The number of amides is 1. The van der Waals surface area contributed by atoms with Crippen LogP contribution in [0.3, 0.4) is 0 Å². The molecule has 0 aromatic heterocycles. The van der Waals surface area contributed by atoms with Gasteiger partial charge < -0.3 is 35.6 Å². The Hall–Kier alpha value is -4.39. The maximum absolute atomic E-state index is 13.1. The van der Waals surface area contributed by atoms with Crippen LogP contribution in [0.4, 0.5) is 37.7 Å². The van der Waals surface area contributed by atoms with Crippen LogP contribution < -0.4 is 25.4 Å². The number of ether oxygens (including phenoxy) is 2. The fourth-order valence-corrected chi connectivity index (χ4v) is 7.02. The zero-order valence-corrected chi connectivity index (χ0v) is 34.4. The number of carboxylic acid groups (broad SMARTS) is 2. The number of hydrogen-bond donors (Lipinski definition) is 5. The van der Waals surface area contributed by atoms with Gasteiger partial charge in [0, 0.05) is 30.0 Å². The van der Waals surface area contributed by atoms with Crippen LogP contribution in [-0.2, 0) is 41.6 Å². The maximum Gasteiger partial charge on any atom is 0.416 e. The van der Waals surface area contributed by atoms with Crippen LogP contribution >= 0.6 is 55.1 Å². The van der Waals surface area contributed by atoms with Crippen molar-refractivity contribution in [1.82, 2.24) is 5.32 Å². The number of rotatable bonds is 15. The zero-order valence-electron chi connectivity index (χ0n) is 29.7. The first kappa shape index (κ1) is 47.0. The Morgan fingerprint density at radius 1 is 0.649 bits per heavy atom. The van der Waals surface area contributed by atoms with Crippen molar-refractivity contribution in [2.75, 3.05) is 30.3 Å². The van der Waals surface area contributed by atoms with Gasteiger partial charge in [-0.3, -0.25) is 14.4 Å². The van der Waals surface area contributed by atoms with Gasteiger partial charge in [0.1, 0.15) is 25.5 Å². The molecule has 0 bridgehead atoms. The largest absolute Gasteiger partial charge is 0.487 e. The minimum absolute atomic E-state index is 0.00657. The fraction of sp³-hybridized carbons (Fsp3) is 0.270. The van der Waals surface area contributed by atoms with Crippen LogP contribution in [0.25, 0.3) is 0 Å². The second kappa shape index (κ2) is 20.9. The highest BCUT2D eigenvalue weighted by molar-refractivity contribution is 9.11. The summed E-state index contributed by atoms with van der Waals surface area (Å²) in [7, 11) is 0. The molecule has 0 radical (unpaired) electrons. The minimum atomic E-state index is -4.53. The molecule has 0 spiro atoms. The molecular weight excluding hydrogens is 943 g/mol. The maximum atomic E-state index is 13.1. The van der Waals surface area contributed by atoms with Crippen molar-refractivity contribution in [3.63, 3.8) is 0 Å². The van der Waals surface area contributed by atoms with E-state index in [1.165, 1.54) is 18.2 Å². The first-order valence-corrected chi connectivity index (χ1v) is 18.8. The highest BCUT2D eigenvalue weighted by Crippen LogP contribution is 2.38. The van der Waals surface area contributed by atoms with E-state index in [0.717, 1.165) is 24.3 Å². The van der Waals surface area contributed by atoms with E-state index in [4.69, 9.17) is 42.9 Å². The fourth-order valence-electron chi connectivity index (χ4n) is 4.92. The Morgan fingerprint density at radius 2 is 1.09 bits per heavy atom. The summed E-state index contributed by atoms with van der Waals surface area (Å²) in [6.45, 7) is 3.54. The second-order valence-electron chi connectivity index (χ2n) is 11.8. The second-order valence-corrected chi connectivity index (χ2v) is 14.3. The topological polar surface area (TPSA) is 146 Å². The molecule has 4 rings (SSSR count). The molecule has 0 saturated carbocycles. The predicted octanol–water partition coefficient (Wildman–Crippen LogP) is 10.7. The molecule has 0 unspecified atom stereocenters. The van der Waals surface area contributed by atoms with E-state index in [-0.39, 0.29) is 52.2 Å². The number of benzene rings is 4. The standard InChI is InChI=1S/C19H17Cl2F3N2O4.C18H16Br2F3NO3/c1-2-25-13-4-10(3-12(7-13)19(22,23)24)9-30-17-14(20)5-11(6-15(17)21)18(29)26-8-16(27)28;1-2-24-13-4-11(3-12(8-13)18(21,22)23)9-27-17-14(19)5-10(6-15(17)20)7-16(25)26/h3-7,25H,2,8-9H2,1H3,(H,26,29)(H,27,28);3-6,8,24H,2,7,9H2,1H3,(H,25,26). The van der Waals surface area contributed by atoms with Crippen molar-refractivity contribution in [3.05, 3.63) is 113 Å². The molecule has 20 heteroatoms. The molecule has 0 atom stereocenters. The summed E-state index contributed by atoms with van der Waals surface area (Å²) in [5.74, 6) is -2.54. The van der Waals surface area contributed by atoms with E-state index >= 15 is 0 Å². The Bertz CT molecular complexity index is 2040. The van der Waals surface area contributed by atoms with Gasteiger partial charge in [-0.05, 0) is 123 Å². The van der Waals surface area contributed by atoms with E-state index in [0.29, 0.717) is 44.6 Å². The number of alkyl halides is 6. The predicted molar refractivity (Wildman–Crippen MR) is 209 cm³/mol. The van der Waals surface area contributed by atoms with Crippen molar-refractivity contribution in [1.29, 1.82) is 0 Å². The summed E-state index contributed by atoms with van der Waals surface area (Å²) in [5.41, 5.74) is 0.214. The Morgan fingerprint density at radius 3 is 1.47 bits per heavy atom. The van der Waals surface area contributed by atoms with Crippen LogP contribution in [0.2, 0.25) is 10.0 Å². The summed E-state index contributed by atoms with van der Waals surface area (Å²) in [6, 6.07) is 12.8. The van der Waals surface area contributed by atoms with Gasteiger partial charge in [0.2, 0.25) is 0 Å². The molecular formula is C37H33Br2Cl2F6N3O7. The van der Waals surface area contributed by atoms with Gasteiger partial charge in [0.25, 0.3) is 5.91 Å². The average molecular weight is 976 g/mol. The lowest BCUT2D eigenvalue weighted by molar-refractivity contribution is -0.138. The third kappa shape index (κ3) is 14.8. The highest BCUT2D eigenvalue weighted by Gasteiger charge is 2.32. The van der Waals surface area contributed by atoms with E-state index < -0.39 is 47.9 Å². The van der Waals surface area contributed by atoms with Gasteiger partial charge in [-0.1, -0.05) is 23.2 Å².